The Morgan fingerprint density at radius 2 is 1.30 bits per heavy atom. The predicted octanol–water partition coefficient (Wildman–Crippen LogP) is 3.01. The van der Waals surface area contributed by atoms with Crippen LogP contribution in [0.2, 0.25) is 0 Å². The molecule has 2 aliphatic carbocycles. The Labute approximate surface area is 234 Å². The number of allylic oxidation sites excluding steroid dienone is 1. The highest BCUT2D eigenvalue weighted by Gasteiger charge is 2.22. The summed E-state index contributed by atoms with van der Waals surface area (Å²) in [4.78, 5) is 42.7. The van der Waals surface area contributed by atoms with Gasteiger partial charge in [0.1, 0.15) is 0 Å². The minimum Gasteiger partial charge on any atom is -0.858 e. The second kappa shape index (κ2) is 12.8. The Morgan fingerprint density at radius 3 is 1.95 bits per heavy atom. The molecule has 208 valence electrons. The summed E-state index contributed by atoms with van der Waals surface area (Å²) in [5, 5.41) is 21.7. The first-order valence-corrected chi connectivity index (χ1v) is 14.1. The van der Waals surface area contributed by atoms with Gasteiger partial charge in [0, 0.05) is 42.9 Å². The van der Waals surface area contributed by atoms with Crippen molar-refractivity contribution in [2.45, 2.75) is 32.1 Å². The van der Waals surface area contributed by atoms with Gasteiger partial charge in [0.15, 0.2) is 0 Å². The molecule has 4 aliphatic heterocycles. The molecule has 1 saturated carbocycles. The normalized spacial score (nSPS) is 24.4. The largest absolute Gasteiger partial charge is 0.858 e. The Balaban J connectivity index is 1.30. The van der Waals surface area contributed by atoms with Gasteiger partial charge in [-0.25, -0.2) is 0 Å². The van der Waals surface area contributed by atoms with E-state index in [1.54, 1.807) is 48.5 Å². The minimum atomic E-state index is -0.298. The lowest BCUT2D eigenvalue weighted by Crippen LogP contribution is -2.32. The number of hydrogen-bond acceptors (Lipinski definition) is 5. The summed E-state index contributed by atoms with van der Waals surface area (Å²) >= 11 is 0. The number of aliphatic imine (C=N–C) groups is 1. The summed E-state index contributed by atoms with van der Waals surface area (Å²) in [6, 6.07) is 13.5. The molecule has 0 spiro atoms. The average molecular weight is 540 g/mol. The molecular formula is C32H35N4O4-. The number of carbonyl (C=O) groups is 3. The minimum absolute atomic E-state index is 0.132. The van der Waals surface area contributed by atoms with Crippen molar-refractivity contribution in [3.63, 3.8) is 0 Å². The summed E-state index contributed by atoms with van der Waals surface area (Å²) in [6.45, 7) is 1.88. The summed E-state index contributed by atoms with van der Waals surface area (Å²) in [5.41, 5.74) is 2.74. The molecule has 6 aliphatic rings. The maximum atomic E-state index is 12.8. The number of hydrogen-bond donors (Lipinski definition) is 3. The standard InChI is InChI=1S/C32H36N4O4/c37-29-25-3-1-4-26(15-25)30(38)34-18-22-9-13-24(14-10-22)20-36-32(40)28-6-2-5-27(16-28)31(39)35-19-23-11-7-21(8-12-23)17-33-29/h1-8,11,15-16,22-24H,9-10,12-14,17-20H2,(H,33,37)(H,34,38)(H,35,39)(H,36,40)/p-1/t22?,23-,24?/m0/s1. The van der Waals surface area contributed by atoms with Crippen LogP contribution in [0.4, 0.5) is 0 Å². The lowest BCUT2D eigenvalue weighted by atomic mass is 9.82. The van der Waals surface area contributed by atoms with Gasteiger partial charge in [-0.05, 0) is 97.2 Å². The molecule has 8 bridgehead atoms. The molecule has 40 heavy (non-hydrogen) atoms. The first kappa shape index (κ1) is 27.4. The van der Waals surface area contributed by atoms with Crippen molar-refractivity contribution in [2.24, 2.45) is 22.7 Å². The van der Waals surface area contributed by atoms with Gasteiger partial charge < -0.3 is 26.0 Å². The van der Waals surface area contributed by atoms with Crippen molar-refractivity contribution in [1.82, 2.24) is 16.0 Å². The molecule has 8 heteroatoms. The monoisotopic (exact) mass is 539 g/mol. The first-order valence-electron chi connectivity index (χ1n) is 14.1. The molecule has 0 unspecified atom stereocenters. The highest BCUT2D eigenvalue weighted by Crippen LogP contribution is 2.29. The Hall–Kier alpha value is -4.20. The van der Waals surface area contributed by atoms with E-state index >= 15 is 0 Å². The van der Waals surface area contributed by atoms with Gasteiger partial charge in [0.05, 0.1) is 0 Å². The third kappa shape index (κ3) is 7.05. The van der Waals surface area contributed by atoms with Crippen molar-refractivity contribution >= 4 is 23.6 Å². The zero-order valence-corrected chi connectivity index (χ0v) is 22.5. The van der Waals surface area contributed by atoms with Crippen LogP contribution in [0.15, 0.2) is 77.3 Å². The lowest BCUT2D eigenvalue weighted by molar-refractivity contribution is -0.213. The van der Waals surface area contributed by atoms with Gasteiger partial charge in [-0.2, -0.15) is 0 Å². The fourth-order valence-electron chi connectivity index (χ4n) is 5.46. The van der Waals surface area contributed by atoms with E-state index in [0.29, 0.717) is 60.3 Å². The third-order valence-electron chi connectivity index (χ3n) is 8.01. The van der Waals surface area contributed by atoms with Gasteiger partial charge in [-0.15, -0.1) is 0 Å². The average Bonchev–Trinajstić information content (AvgIpc) is 3.00. The molecule has 0 saturated heterocycles. The van der Waals surface area contributed by atoms with E-state index in [2.05, 4.69) is 27.0 Å². The fourth-order valence-corrected chi connectivity index (χ4v) is 5.46. The van der Waals surface area contributed by atoms with Crippen molar-refractivity contribution in [3.05, 3.63) is 94.6 Å². The number of benzene rings is 2. The molecule has 8 rings (SSSR count). The van der Waals surface area contributed by atoms with E-state index < -0.39 is 0 Å². The van der Waals surface area contributed by atoms with Crippen molar-refractivity contribution in [3.8, 4) is 0 Å². The summed E-state index contributed by atoms with van der Waals surface area (Å²) in [7, 11) is 0. The number of nitrogens with one attached hydrogen (secondary N) is 3. The topological polar surface area (TPSA) is 123 Å². The number of nitrogens with zero attached hydrogens (tertiary/aromatic N) is 1. The molecule has 4 heterocycles. The summed E-state index contributed by atoms with van der Waals surface area (Å²) < 4.78 is 0. The molecule has 8 nitrogen and oxygen atoms in total. The maximum absolute atomic E-state index is 12.8. The Bertz CT molecular complexity index is 1350. The highest BCUT2D eigenvalue weighted by atomic mass is 16.3. The maximum Gasteiger partial charge on any atom is 0.251 e. The van der Waals surface area contributed by atoms with Crippen LogP contribution in [0.25, 0.3) is 0 Å². The van der Waals surface area contributed by atoms with E-state index in [0.717, 1.165) is 37.7 Å². The molecular weight excluding hydrogens is 504 g/mol. The van der Waals surface area contributed by atoms with Crippen LogP contribution in [0.1, 0.15) is 68.7 Å². The van der Waals surface area contributed by atoms with E-state index in [9.17, 15) is 19.5 Å². The van der Waals surface area contributed by atoms with Gasteiger partial charge >= 0.3 is 0 Å². The second-order valence-corrected chi connectivity index (χ2v) is 10.9. The Kier molecular flexibility index (Phi) is 8.74. The smallest absolute Gasteiger partial charge is 0.251 e. The lowest BCUT2D eigenvalue weighted by Gasteiger charge is -2.28. The zero-order chi connectivity index (χ0) is 27.9. The summed E-state index contributed by atoms with van der Waals surface area (Å²) in [6.07, 6.45) is 10.6. The predicted molar refractivity (Wildman–Crippen MR) is 152 cm³/mol. The SMILES string of the molecule is O=C1NCC2=CC[C@H](C=C2)CNC(=O)c2cccc(c2)C([O-])=NCC2CCC(CC2)CNC(=O)c2cccc1c2. The molecule has 3 amide bonds. The van der Waals surface area contributed by atoms with Crippen LogP contribution < -0.4 is 21.1 Å². The van der Waals surface area contributed by atoms with Crippen LogP contribution in [-0.4, -0.2) is 49.8 Å². The zero-order valence-electron chi connectivity index (χ0n) is 22.5. The molecule has 2 aromatic rings. The second-order valence-electron chi connectivity index (χ2n) is 10.9. The van der Waals surface area contributed by atoms with Gasteiger partial charge in [-0.1, -0.05) is 36.4 Å². The molecule has 0 aromatic heterocycles. The van der Waals surface area contributed by atoms with Crippen molar-refractivity contribution in [2.75, 3.05) is 26.2 Å². The van der Waals surface area contributed by atoms with E-state index in [1.807, 2.05) is 12.2 Å². The van der Waals surface area contributed by atoms with Crippen molar-refractivity contribution < 1.29 is 19.5 Å². The number of amides is 3. The molecule has 2 aromatic carbocycles. The van der Waals surface area contributed by atoms with Gasteiger partial charge in [-0.3, -0.25) is 14.4 Å². The van der Waals surface area contributed by atoms with E-state index in [4.69, 9.17) is 0 Å². The molecule has 0 radical (unpaired) electrons. The van der Waals surface area contributed by atoms with Crippen molar-refractivity contribution in [1.29, 1.82) is 0 Å². The number of carbonyl (C=O) groups excluding carboxylic acids is 3. The molecule has 1 fully saturated rings. The van der Waals surface area contributed by atoms with E-state index in [-0.39, 0.29) is 29.5 Å². The van der Waals surface area contributed by atoms with Crippen LogP contribution in [0.5, 0.6) is 0 Å². The third-order valence-corrected chi connectivity index (χ3v) is 8.01. The van der Waals surface area contributed by atoms with Gasteiger partial charge in [0.2, 0.25) is 0 Å². The fraction of sp³-hybridized carbons (Fsp3) is 0.375. The van der Waals surface area contributed by atoms with Crippen LogP contribution in [0.3, 0.4) is 0 Å². The number of rotatable bonds is 0. The molecule has 1 atom stereocenters. The molecule has 3 N–H and O–H groups in total. The van der Waals surface area contributed by atoms with Crippen LogP contribution in [-0.2, 0) is 0 Å². The summed E-state index contributed by atoms with van der Waals surface area (Å²) in [5.74, 6) is -0.109. The quantitative estimate of drug-likeness (QED) is 0.476. The highest BCUT2D eigenvalue weighted by molar-refractivity contribution is 6.00. The van der Waals surface area contributed by atoms with Gasteiger partial charge in [0.25, 0.3) is 17.7 Å². The van der Waals surface area contributed by atoms with E-state index in [1.165, 1.54) is 0 Å². The van der Waals surface area contributed by atoms with Crippen LogP contribution >= 0.6 is 0 Å². The Morgan fingerprint density at radius 1 is 0.725 bits per heavy atom. The first-order chi connectivity index (χ1) is 19.4. The van der Waals surface area contributed by atoms with Crippen LogP contribution in [0, 0.1) is 17.8 Å².